The minimum absolute atomic E-state index is 0.154. The summed E-state index contributed by atoms with van der Waals surface area (Å²) in [6.45, 7) is 6.21. The summed E-state index contributed by atoms with van der Waals surface area (Å²) < 4.78 is 0. The molecular formula is C12H18ClN3O. The molecule has 1 amide bonds. The summed E-state index contributed by atoms with van der Waals surface area (Å²) >= 11 is 5.63. The molecule has 0 saturated carbocycles. The van der Waals surface area contributed by atoms with Crippen molar-refractivity contribution in [1.82, 2.24) is 15.3 Å². The molecule has 0 bridgehead atoms. The predicted molar refractivity (Wildman–Crippen MR) is 68.1 cm³/mol. The highest BCUT2D eigenvalue weighted by atomic mass is 35.5. The van der Waals surface area contributed by atoms with Crippen molar-refractivity contribution in [1.29, 1.82) is 0 Å². The maximum Gasteiger partial charge on any atom is 0.271 e. The average Bonchev–Trinajstić information content (AvgIpc) is 2.37. The van der Waals surface area contributed by atoms with E-state index in [0.717, 1.165) is 19.3 Å². The third-order valence-corrected chi connectivity index (χ3v) is 3.46. The van der Waals surface area contributed by atoms with Gasteiger partial charge >= 0.3 is 0 Å². The molecule has 1 rings (SSSR count). The largest absolute Gasteiger partial charge is 0.345 e. The van der Waals surface area contributed by atoms with Crippen LogP contribution >= 0.6 is 11.6 Å². The van der Waals surface area contributed by atoms with Crippen LogP contribution in [0.5, 0.6) is 0 Å². The highest BCUT2D eigenvalue weighted by molar-refractivity contribution is 6.29. The minimum Gasteiger partial charge on any atom is -0.345 e. The second-order valence-electron chi connectivity index (χ2n) is 4.02. The second-order valence-corrected chi connectivity index (χ2v) is 4.41. The van der Waals surface area contributed by atoms with Crippen molar-refractivity contribution >= 4 is 17.5 Å². The number of amides is 1. The lowest BCUT2D eigenvalue weighted by Gasteiger charge is -2.31. The summed E-state index contributed by atoms with van der Waals surface area (Å²) in [7, 11) is 0. The Hall–Kier alpha value is -1.16. The summed E-state index contributed by atoms with van der Waals surface area (Å²) in [5.41, 5.74) is 0.146. The molecule has 4 nitrogen and oxygen atoms in total. The van der Waals surface area contributed by atoms with Gasteiger partial charge in [-0.05, 0) is 19.3 Å². The third kappa shape index (κ3) is 3.40. The SMILES string of the molecule is CCC(CC)(CC)NC(=O)c1cnc(Cl)cn1. The van der Waals surface area contributed by atoms with E-state index in [0.29, 0.717) is 5.69 Å². The van der Waals surface area contributed by atoms with Gasteiger partial charge in [0.05, 0.1) is 12.4 Å². The van der Waals surface area contributed by atoms with Gasteiger partial charge in [0, 0.05) is 5.54 Å². The van der Waals surface area contributed by atoms with E-state index < -0.39 is 0 Å². The molecule has 0 aliphatic heterocycles. The Morgan fingerprint density at radius 3 is 2.24 bits per heavy atom. The van der Waals surface area contributed by atoms with Crippen LogP contribution in [0.1, 0.15) is 50.5 Å². The van der Waals surface area contributed by atoms with Gasteiger partial charge in [-0.15, -0.1) is 0 Å². The van der Waals surface area contributed by atoms with Crippen LogP contribution in [0.2, 0.25) is 5.15 Å². The van der Waals surface area contributed by atoms with Gasteiger partial charge in [-0.2, -0.15) is 0 Å². The van der Waals surface area contributed by atoms with Crippen LogP contribution in [-0.2, 0) is 0 Å². The summed E-state index contributed by atoms with van der Waals surface area (Å²) in [5.74, 6) is -0.195. The van der Waals surface area contributed by atoms with Gasteiger partial charge < -0.3 is 5.32 Å². The van der Waals surface area contributed by atoms with Crippen LogP contribution in [0, 0.1) is 0 Å². The van der Waals surface area contributed by atoms with Gasteiger partial charge in [0.2, 0.25) is 0 Å². The van der Waals surface area contributed by atoms with Crippen LogP contribution in [0.3, 0.4) is 0 Å². The molecule has 94 valence electrons. The number of aromatic nitrogens is 2. The fourth-order valence-corrected chi connectivity index (χ4v) is 1.85. The van der Waals surface area contributed by atoms with Crippen molar-refractivity contribution in [2.75, 3.05) is 0 Å². The van der Waals surface area contributed by atoms with E-state index in [-0.39, 0.29) is 16.6 Å². The zero-order valence-corrected chi connectivity index (χ0v) is 11.2. The molecule has 1 N–H and O–H groups in total. The average molecular weight is 256 g/mol. The first-order valence-corrected chi connectivity index (χ1v) is 6.24. The Bertz CT molecular complexity index is 366. The van der Waals surface area contributed by atoms with Crippen molar-refractivity contribution in [2.45, 2.75) is 45.6 Å². The fourth-order valence-electron chi connectivity index (χ4n) is 1.75. The molecule has 0 saturated heterocycles. The Morgan fingerprint density at radius 1 is 1.24 bits per heavy atom. The first-order chi connectivity index (χ1) is 8.06. The Balaban J connectivity index is 2.81. The van der Waals surface area contributed by atoms with Gasteiger partial charge in [-0.25, -0.2) is 9.97 Å². The van der Waals surface area contributed by atoms with E-state index in [4.69, 9.17) is 11.6 Å². The van der Waals surface area contributed by atoms with Crippen molar-refractivity contribution in [2.24, 2.45) is 0 Å². The minimum atomic E-state index is -0.195. The molecule has 1 heterocycles. The maximum absolute atomic E-state index is 12.0. The van der Waals surface area contributed by atoms with Crippen LogP contribution in [0.4, 0.5) is 0 Å². The van der Waals surface area contributed by atoms with Crippen molar-refractivity contribution < 1.29 is 4.79 Å². The zero-order valence-electron chi connectivity index (χ0n) is 10.5. The van der Waals surface area contributed by atoms with Gasteiger partial charge in [0.1, 0.15) is 10.8 Å². The quantitative estimate of drug-likeness (QED) is 0.880. The molecule has 17 heavy (non-hydrogen) atoms. The number of carbonyl (C=O) groups excluding carboxylic acids is 1. The molecular weight excluding hydrogens is 238 g/mol. The number of hydrogen-bond acceptors (Lipinski definition) is 3. The molecule has 0 spiro atoms. The fraction of sp³-hybridized carbons (Fsp3) is 0.583. The van der Waals surface area contributed by atoms with Gasteiger partial charge in [-0.3, -0.25) is 4.79 Å². The van der Waals surface area contributed by atoms with Gasteiger partial charge in [0.25, 0.3) is 5.91 Å². The van der Waals surface area contributed by atoms with E-state index in [1.165, 1.54) is 12.4 Å². The molecule has 1 aromatic heterocycles. The number of carbonyl (C=O) groups is 1. The predicted octanol–water partition coefficient (Wildman–Crippen LogP) is 2.83. The molecule has 0 aliphatic rings. The molecule has 0 radical (unpaired) electrons. The van der Waals surface area contributed by atoms with Crippen LogP contribution in [-0.4, -0.2) is 21.4 Å². The summed E-state index contributed by atoms with van der Waals surface area (Å²) in [6.07, 6.45) is 5.46. The zero-order chi connectivity index (χ0) is 12.9. The molecule has 1 aromatic rings. The standard InChI is InChI=1S/C12H18ClN3O/c1-4-12(5-2,6-3)16-11(17)9-7-15-10(13)8-14-9/h7-8H,4-6H2,1-3H3,(H,16,17). The first-order valence-electron chi connectivity index (χ1n) is 5.87. The Labute approximate surface area is 107 Å². The van der Waals surface area contributed by atoms with Crippen LogP contribution in [0.15, 0.2) is 12.4 Å². The van der Waals surface area contributed by atoms with E-state index in [2.05, 4.69) is 36.1 Å². The number of nitrogens with one attached hydrogen (secondary N) is 1. The maximum atomic E-state index is 12.0. The summed E-state index contributed by atoms with van der Waals surface area (Å²) in [6, 6.07) is 0. The van der Waals surface area contributed by atoms with E-state index >= 15 is 0 Å². The number of hydrogen-bond donors (Lipinski definition) is 1. The first kappa shape index (κ1) is 13.9. The monoisotopic (exact) mass is 255 g/mol. The lowest BCUT2D eigenvalue weighted by molar-refractivity contribution is 0.0882. The number of halogens is 1. The lowest BCUT2D eigenvalue weighted by Crippen LogP contribution is -2.47. The molecule has 0 aliphatic carbocycles. The van der Waals surface area contributed by atoms with Gasteiger partial charge in [-0.1, -0.05) is 32.4 Å². The normalized spacial score (nSPS) is 11.3. The molecule has 0 unspecified atom stereocenters. The Kier molecular flexibility index (Phi) is 4.87. The molecule has 0 aromatic carbocycles. The molecule has 0 atom stereocenters. The molecule has 5 heteroatoms. The van der Waals surface area contributed by atoms with E-state index in [1.54, 1.807) is 0 Å². The van der Waals surface area contributed by atoms with Crippen LogP contribution < -0.4 is 5.32 Å². The topological polar surface area (TPSA) is 54.9 Å². The molecule has 0 fully saturated rings. The third-order valence-electron chi connectivity index (χ3n) is 3.26. The van der Waals surface area contributed by atoms with E-state index in [9.17, 15) is 4.79 Å². The lowest BCUT2D eigenvalue weighted by atomic mass is 9.89. The highest BCUT2D eigenvalue weighted by Crippen LogP contribution is 2.19. The summed E-state index contributed by atoms with van der Waals surface area (Å²) in [4.78, 5) is 19.8. The number of nitrogens with zero attached hydrogens (tertiary/aromatic N) is 2. The highest BCUT2D eigenvalue weighted by Gasteiger charge is 2.26. The van der Waals surface area contributed by atoms with E-state index in [1.807, 2.05) is 0 Å². The Morgan fingerprint density at radius 2 is 1.82 bits per heavy atom. The van der Waals surface area contributed by atoms with Gasteiger partial charge in [0.15, 0.2) is 0 Å². The smallest absolute Gasteiger partial charge is 0.271 e. The van der Waals surface area contributed by atoms with Crippen molar-refractivity contribution in [3.05, 3.63) is 23.2 Å². The van der Waals surface area contributed by atoms with Crippen LogP contribution in [0.25, 0.3) is 0 Å². The number of rotatable bonds is 5. The van der Waals surface area contributed by atoms with Crippen molar-refractivity contribution in [3.8, 4) is 0 Å². The second kappa shape index (κ2) is 5.96. The summed E-state index contributed by atoms with van der Waals surface area (Å²) in [5, 5.41) is 3.32. The van der Waals surface area contributed by atoms with Crippen molar-refractivity contribution in [3.63, 3.8) is 0 Å².